The number of rotatable bonds is 1. The predicted molar refractivity (Wildman–Crippen MR) is 236 cm³/mol. The number of anilines is 3. The molecule has 0 fully saturated rings. The van der Waals surface area contributed by atoms with Crippen LogP contribution in [0.3, 0.4) is 0 Å². The van der Waals surface area contributed by atoms with Crippen LogP contribution < -0.4 is 15.8 Å². The minimum absolute atomic E-state index is 0.0387. The van der Waals surface area contributed by atoms with Gasteiger partial charge in [-0.3, -0.25) is 0 Å². The molecule has 3 nitrogen and oxygen atoms in total. The summed E-state index contributed by atoms with van der Waals surface area (Å²) in [6.07, 6.45) is 0. The summed E-state index contributed by atoms with van der Waals surface area (Å²) < 4.78 is 2.66. The van der Waals surface area contributed by atoms with Gasteiger partial charge in [0.25, 0.3) is 0 Å². The fourth-order valence-electron chi connectivity index (χ4n) is 9.36. The highest BCUT2D eigenvalue weighted by Crippen LogP contribution is 2.48. The molecule has 7 aromatic carbocycles. The van der Waals surface area contributed by atoms with E-state index in [0.29, 0.717) is 5.56 Å². The van der Waals surface area contributed by atoms with Crippen molar-refractivity contribution in [3.8, 4) is 17.2 Å². The molecule has 0 saturated carbocycles. The third-order valence-corrected chi connectivity index (χ3v) is 12.4. The second-order valence-electron chi connectivity index (χ2n) is 19.0. The Labute approximate surface area is 324 Å². The number of hydrogen-bond donors (Lipinski definition) is 0. The van der Waals surface area contributed by atoms with Crippen LogP contribution >= 0.6 is 0 Å². The Morgan fingerprint density at radius 3 is 1.89 bits per heavy atom. The minimum Gasteiger partial charge on any atom is -0.375 e. The molecule has 0 aliphatic carbocycles. The number of benzene rings is 7. The molecule has 0 amide bonds. The van der Waals surface area contributed by atoms with Crippen molar-refractivity contribution in [1.29, 1.82) is 5.26 Å². The average Bonchev–Trinajstić information content (AvgIpc) is 3.48. The lowest BCUT2D eigenvalue weighted by Crippen LogP contribution is -2.57. The van der Waals surface area contributed by atoms with E-state index < -0.39 is 0 Å². The first-order valence-corrected chi connectivity index (χ1v) is 19.7. The van der Waals surface area contributed by atoms with Crippen molar-refractivity contribution < 1.29 is 0 Å². The van der Waals surface area contributed by atoms with Crippen molar-refractivity contribution in [2.24, 2.45) is 0 Å². The van der Waals surface area contributed by atoms with Crippen LogP contribution in [0.2, 0.25) is 0 Å². The van der Waals surface area contributed by atoms with E-state index in [4.69, 9.17) is 0 Å². The Balaban J connectivity index is 1.42. The van der Waals surface area contributed by atoms with Crippen LogP contribution in [0.25, 0.3) is 54.5 Å². The normalized spacial score (nSPS) is 13.8. The Morgan fingerprint density at radius 1 is 0.509 bits per heavy atom. The zero-order valence-corrected chi connectivity index (χ0v) is 33.4. The van der Waals surface area contributed by atoms with E-state index in [0.717, 1.165) is 10.8 Å². The standard InChI is InChI=1S/C51H46BN3/c1-49(2,3)34-24-35(50(4,5)6)26-37(25-34)54-44-20-19-32-22-33-21-30(29-53)17-18-31(33)23-41(32)46(44)52-47-42(27-36(28-45(47)54)51(7,8)9)40-15-12-14-39-38-13-10-11-16-43(38)55(52)48(39)40/h10-28H,1-9H3. The van der Waals surface area contributed by atoms with Crippen LogP contribution in [-0.2, 0) is 16.2 Å². The zero-order valence-electron chi connectivity index (χ0n) is 33.4. The highest BCUT2D eigenvalue weighted by molar-refractivity contribution is 6.91. The molecule has 0 unspecified atom stereocenters. The van der Waals surface area contributed by atoms with Gasteiger partial charge in [0.05, 0.1) is 11.6 Å². The first kappa shape index (κ1) is 33.8. The van der Waals surface area contributed by atoms with Gasteiger partial charge in [-0.1, -0.05) is 123 Å². The van der Waals surface area contributed by atoms with E-state index >= 15 is 0 Å². The maximum Gasteiger partial charge on any atom is 0.333 e. The highest BCUT2D eigenvalue weighted by atomic mass is 15.2. The molecule has 8 aromatic rings. The SMILES string of the molecule is CC(C)(C)c1cc(N2c3cc(C(C)(C)C)cc4c3B(c3c2ccc2cc5cc(C#N)ccc5cc32)n2c3ccccc3c3cccc-4c32)cc(C(C)(C)C)c1. The molecule has 10 rings (SSSR count). The lowest BCUT2D eigenvalue weighted by atomic mass is 9.44. The maximum absolute atomic E-state index is 9.77. The first-order chi connectivity index (χ1) is 26.1. The summed E-state index contributed by atoms with van der Waals surface area (Å²) >= 11 is 0. The Kier molecular flexibility index (Phi) is 6.84. The fourth-order valence-corrected chi connectivity index (χ4v) is 9.36. The van der Waals surface area contributed by atoms with Crippen molar-refractivity contribution >= 4 is 78.2 Å². The van der Waals surface area contributed by atoms with E-state index in [1.807, 2.05) is 12.1 Å². The maximum atomic E-state index is 9.77. The molecule has 1 aromatic heterocycles. The zero-order chi connectivity index (χ0) is 38.3. The summed E-state index contributed by atoms with van der Waals surface area (Å²) in [7, 11) is 0. The number of fused-ring (bicyclic) bond motifs is 10. The molecule has 0 bridgehead atoms. The van der Waals surface area contributed by atoms with Gasteiger partial charge in [0, 0.05) is 44.4 Å². The summed E-state index contributed by atoms with van der Waals surface area (Å²) in [4.78, 5) is 2.60. The van der Waals surface area contributed by atoms with Gasteiger partial charge in [0.1, 0.15) is 0 Å². The van der Waals surface area contributed by atoms with Crippen molar-refractivity contribution in [3.05, 3.63) is 138 Å². The number of aromatic nitrogens is 1. The first-order valence-electron chi connectivity index (χ1n) is 19.7. The van der Waals surface area contributed by atoms with Crippen LogP contribution in [0.5, 0.6) is 0 Å². The molecule has 0 saturated heterocycles. The predicted octanol–water partition coefficient (Wildman–Crippen LogP) is 12.3. The Morgan fingerprint density at radius 2 is 1.18 bits per heavy atom. The van der Waals surface area contributed by atoms with Crippen LogP contribution in [0, 0.1) is 11.3 Å². The molecule has 0 radical (unpaired) electrons. The lowest BCUT2D eigenvalue weighted by Gasteiger charge is -2.42. The summed E-state index contributed by atoms with van der Waals surface area (Å²) in [5, 5.41) is 17.0. The van der Waals surface area contributed by atoms with Crippen LogP contribution in [0.15, 0.2) is 115 Å². The summed E-state index contributed by atoms with van der Waals surface area (Å²) in [6.45, 7) is 20.9. The summed E-state index contributed by atoms with van der Waals surface area (Å²) in [5.74, 6) is 0. The van der Waals surface area contributed by atoms with Crippen molar-refractivity contribution in [3.63, 3.8) is 0 Å². The smallest absolute Gasteiger partial charge is 0.333 e. The minimum atomic E-state index is -0.0700. The third-order valence-electron chi connectivity index (χ3n) is 12.4. The largest absolute Gasteiger partial charge is 0.375 e. The molecule has 55 heavy (non-hydrogen) atoms. The van der Waals surface area contributed by atoms with Gasteiger partial charge in [-0.05, 0) is 126 Å². The van der Waals surface area contributed by atoms with Gasteiger partial charge in [-0.15, -0.1) is 0 Å². The van der Waals surface area contributed by atoms with E-state index in [1.165, 1.54) is 88.4 Å². The summed E-state index contributed by atoms with van der Waals surface area (Å²) in [6, 6.07) is 46.0. The number of nitriles is 1. The molecule has 0 atom stereocenters. The van der Waals surface area contributed by atoms with Gasteiger partial charge in [0.15, 0.2) is 0 Å². The second kappa shape index (κ2) is 11.1. The molecule has 268 valence electrons. The third kappa shape index (κ3) is 4.88. The monoisotopic (exact) mass is 711 g/mol. The molecule has 0 spiro atoms. The van der Waals surface area contributed by atoms with Crippen molar-refractivity contribution in [2.45, 2.75) is 78.6 Å². The molecular weight excluding hydrogens is 665 g/mol. The van der Waals surface area contributed by atoms with E-state index in [9.17, 15) is 5.26 Å². The lowest BCUT2D eigenvalue weighted by molar-refractivity contribution is 0.569. The van der Waals surface area contributed by atoms with E-state index in [-0.39, 0.29) is 23.1 Å². The van der Waals surface area contributed by atoms with Crippen molar-refractivity contribution in [1.82, 2.24) is 4.48 Å². The fraction of sp³-hybridized carbons (Fsp3) is 0.235. The van der Waals surface area contributed by atoms with Gasteiger partial charge in [0.2, 0.25) is 0 Å². The van der Waals surface area contributed by atoms with Gasteiger partial charge < -0.3 is 9.38 Å². The highest BCUT2D eigenvalue weighted by Gasteiger charge is 2.44. The second-order valence-corrected chi connectivity index (χ2v) is 19.0. The molecular formula is C51H46BN3. The van der Waals surface area contributed by atoms with Crippen molar-refractivity contribution in [2.75, 3.05) is 4.90 Å². The molecule has 2 aliphatic heterocycles. The average molecular weight is 712 g/mol. The van der Waals surface area contributed by atoms with Crippen LogP contribution in [0.4, 0.5) is 17.1 Å². The number of nitrogens with zero attached hydrogens (tertiary/aromatic N) is 3. The molecule has 3 heterocycles. The summed E-state index contributed by atoms with van der Waals surface area (Å²) in [5.41, 5.74) is 16.1. The van der Waals surface area contributed by atoms with Gasteiger partial charge >= 0.3 is 6.85 Å². The van der Waals surface area contributed by atoms with E-state index in [1.54, 1.807) is 0 Å². The van der Waals surface area contributed by atoms with E-state index in [2.05, 4.69) is 181 Å². The topological polar surface area (TPSA) is 32.0 Å². The van der Waals surface area contributed by atoms with Crippen LogP contribution in [0.1, 0.15) is 84.6 Å². The van der Waals surface area contributed by atoms with Gasteiger partial charge in [-0.2, -0.15) is 5.26 Å². The molecule has 2 aliphatic rings. The van der Waals surface area contributed by atoms with Crippen LogP contribution in [-0.4, -0.2) is 11.3 Å². The molecule has 0 N–H and O–H groups in total. The molecule has 4 heteroatoms. The number of para-hydroxylation sites is 2. The quantitative estimate of drug-likeness (QED) is 0.125. The Hall–Kier alpha value is -5.79. The Bertz CT molecular complexity index is 2980. The van der Waals surface area contributed by atoms with Gasteiger partial charge in [-0.25, -0.2) is 0 Å². The number of hydrogen-bond acceptors (Lipinski definition) is 2.